The van der Waals surface area contributed by atoms with E-state index >= 15 is 0 Å². The van der Waals surface area contributed by atoms with E-state index in [1.807, 2.05) is 31.2 Å². The first-order valence-electron chi connectivity index (χ1n) is 7.01. The molecule has 5 nitrogen and oxygen atoms in total. The smallest absolute Gasteiger partial charge is 0.271 e. The second kappa shape index (κ2) is 7.26. The van der Waals surface area contributed by atoms with Gasteiger partial charge in [0.1, 0.15) is 5.75 Å². The highest BCUT2D eigenvalue weighted by molar-refractivity contribution is 6.02. The first-order valence-corrected chi connectivity index (χ1v) is 7.01. The van der Waals surface area contributed by atoms with E-state index in [0.29, 0.717) is 17.7 Å². The van der Waals surface area contributed by atoms with Crippen LogP contribution in [0.25, 0.3) is 0 Å². The van der Waals surface area contributed by atoms with Crippen molar-refractivity contribution < 1.29 is 9.53 Å². The topological polar surface area (TPSA) is 76.7 Å². The van der Waals surface area contributed by atoms with Gasteiger partial charge in [0.15, 0.2) is 0 Å². The molecule has 0 unspecified atom stereocenters. The molecule has 0 aliphatic carbocycles. The van der Waals surface area contributed by atoms with E-state index in [0.717, 1.165) is 17.0 Å². The van der Waals surface area contributed by atoms with Gasteiger partial charge in [-0.05, 0) is 60.5 Å². The summed E-state index contributed by atoms with van der Waals surface area (Å²) in [4.78, 5) is 12.0. The summed E-state index contributed by atoms with van der Waals surface area (Å²) in [6, 6.07) is 14.3. The number of carbonyl (C=O) groups is 1. The second-order valence-electron chi connectivity index (χ2n) is 4.70. The van der Waals surface area contributed by atoms with Crippen LogP contribution in [0.15, 0.2) is 53.6 Å². The molecule has 0 saturated carbocycles. The van der Waals surface area contributed by atoms with Gasteiger partial charge in [-0.15, -0.1) is 0 Å². The number of ether oxygens (including phenoxy) is 1. The Morgan fingerprint density at radius 2 is 1.68 bits per heavy atom. The van der Waals surface area contributed by atoms with Crippen LogP contribution in [0.1, 0.15) is 29.3 Å². The molecule has 3 N–H and O–H groups in total. The van der Waals surface area contributed by atoms with E-state index < -0.39 is 0 Å². The predicted molar refractivity (Wildman–Crippen MR) is 88.1 cm³/mol. The first kappa shape index (κ1) is 15.6. The number of methoxy groups -OCH3 is 1. The van der Waals surface area contributed by atoms with Gasteiger partial charge in [-0.1, -0.05) is 6.92 Å². The Bertz CT molecular complexity index is 661. The number of nitrogens with zero attached hydrogens (tertiary/aromatic N) is 1. The first-order chi connectivity index (χ1) is 10.6. The third kappa shape index (κ3) is 3.85. The number of nitrogen functional groups attached to an aromatic ring is 1. The molecule has 0 bridgehead atoms. The third-order valence-corrected chi connectivity index (χ3v) is 3.22. The van der Waals surface area contributed by atoms with Crippen molar-refractivity contribution >= 4 is 17.3 Å². The van der Waals surface area contributed by atoms with E-state index in [-0.39, 0.29) is 5.91 Å². The summed E-state index contributed by atoms with van der Waals surface area (Å²) in [5.74, 6) is 0.518. The van der Waals surface area contributed by atoms with E-state index in [4.69, 9.17) is 10.5 Å². The Labute approximate surface area is 129 Å². The van der Waals surface area contributed by atoms with Crippen molar-refractivity contribution in [3.8, 4) is 5.75 Å². The molecule has 2 aromatic carbocycles. The van der Waals surface area contributed by atoms with Crippen molar-refractivity contribution in [2.45, 2.75) is 13.3 Å². The van der Waals surface area contributed by atoms with Crippen molar-refractivity contribution in [1.29, 1.82) is 0 Å². The van der Waals surface area contributed by atoms with Crippen LogP contribution in [0.5, 0.6) is 5.75 Å². The minimum atomic E-state index is -0.264. The lowest BCUT2D eigenvalue weighted by atomic mass is 10.1. The minimum absolute atomic E-state index is 0.264. The Morgan fingerprint density at radius 1 is 1.09 bits per heavy atom. The number of hydrazone groups is 1. The molecule has 5 heteroatoms. The zero-order chi connectivity index (χ0) is 15.9. The minimum Gasteiger partial charge on any atom is -0.497 e. The molecule has 0 radical (unpaired) electrons. The number of hydrogen-bond donors (Lipinski definition) is 2. The van der Waals surface area contributed by atoms with Crippen LogP contribution in [-0.4, -0.2) is 18.7 Å². The maximum Gasteiger partial charge on any atom is 0.271 e. The van der Waals surface area contributed by atoms with E-state index in [1.165, 1.54) is 0 Å². The molecule has 114 valence electrons. The van der Waals surface area contributed by atoms with E-state index in [2.05, 4.69) is 10.5 Å². The molecule has 0 fully saturated rings. The number of carbonyl (C=O) groups excluding carboxylic acids is 1. The number of benzene rings is 2. The molecular formula is C17H19N3O2. The van der Waals surface area contributed by atoms with Gasteiger partial charge in [0.2, 0.25) is 0 Å². The highest BCUT2D eigenvalue weighted by Crippen LogP contribution is 2.13. The lowest BCUT2D eigenvalue weighted by Crippen LogP contribution is -2.20. The SMILES string of the molecule is CC/C(=N/NC(=O)c1ccc(N)cc1)c1ccc(OC)cc1. The molecule has 2 rings (SSSR count). The van der Waals surface area contributed by atoms with Gasteiger partial charge in [-0.25, -0.2) is 5.43 Å². The van der Waals surface area contributed by atoms with Gasteiger partial charge in [-0.2, -0.15) is 5.10 Å². The van der Waals surface area contributed by atoms with Crippen LogP contribution in [0.4, 0.5) is 5.69 Å². The lowest BCUT2D eigenvalue weighted by Gasteiger charge is -2.06. The Morgan fingerprint density at radius 3 is 2.23 bits per heavy atom. The number of nitrogens with two attached hydrogens (primary N) is 1. The highest BCUT2D eigenvalue weighted by atomic mass is 16.5. The van der Waals surface area contributed by atoms with Crippen molar-refractivity contribution in [3.63, 3.8) is 0 Å². The Kier molecular flexibility index (Phi) is 5.14. The van der Waals surface area contributed by atoms with Gasteiger partial charge >= 0.3 is 0 Å². The monoisotopic (exact) mass is 297 g/mol. The summed E-state index contributed by atoms with van der Waals surface area (Å²) in [6.07, 6.45) is 0.703. The third-order valence-electron chi connectivity index (χ3n) is 3.22. The molecule has 0 aliphatic rings. The molecule has 0 aromatic heterocycles. The molecule has 0 heterocycles. The standard InChI is InChI=1S/C17H19N3O2/c1-3-16(12-6-10-15(22-2)11-7-12)19-20-17(21)13-4-8-14(18)9-5-13/h4-11H,3,18H2,1-2H3,(H,20,21)/b19-16-. The summed E-state index contributed by atoms with van der Waals surface area (Å²) in [5, 5.41) is 4.21. The maximum absolute atomic E-state index is 12.0. The lowest BCUT2D eigenvalue weighted by molar-refractivity contribution is 0.0955. The summed E-state index contributed by atoms with van der Waals surface area (Å²) >= 11 is 0. The zero-order valence-corrected chi connectivity index (χ0v) is 12.7. The molecule has 0 aliphatic heterocycles. The van der Waals surface area contributed by atoms with Crippen LogP contribution in [-0.2, 0) is 0 Å². The van der Waals surface area contributed by atoms with Crippen LogP contribution in [0.3, 0.4) is 0 Å². The predicted octanol–water partition coefficient (Wildman–Crippen LogP) is 2.82. The number of hydrogen-bond acceptors (Lipinski definition) is 4. The summed E-state index contributed by atoms with van der Waals surface area (Å²) in [7, 11) is 1.62. The fourth-order valence-electron chi connectivity index (χ4n) is 1.95. The largest absolute Gasteiger partial charge is 0.497 e. The van der Waals surface area contributed by atoms with E-state index in [1.54, 1.807) is 31.4 Å². The number of amides is 1. The Hall–Kier alpha value is -2.82. The van der Waals surface area contributed by atoms with E-state index in [9.17, 15) is 4.79 Å². The van der Waals surface area contributed by atoms with Gasteiger partial charge in [0.25, 0.3) is 5.91 Å². The number of nitrogens with one attached hydrogen (secondary N) is 1. The number of anilines is 1. The molecule has 2 aromatic rings. The van der Waals surface area contributed by atoms with Gasteiger partial charge in [0, 0.05) is 11.3 Å². The van der Waals surface area contributed by atoms with Crippen molar-refractivity contribution in [3.05, 3.63) is 59.7 Å². The fraction of sp³-hybridized carbons (Fsp3) is 0.176. The molecule has 1 amide bonds. The van der Waals surface area contributed by atoms with Crippen LogP contribution < -0.4 is 15.9 Å². The molecular weight excluding hydrogens is 278 g/mol. The van der Waals surface area contributed by atoms with Crippen LogP contribution >= 0.6 is 0 Å². The van der Waals surface area contributed by atoms with Crippen LogP contribution in [0, 0.1) is 0 Å². The van der Waals surface area contributed by atoms with Gasteiger partial charge in [-0.3, -0.25) is 4.79 Å². The Balaban J connectivity index is 2.11. The van der Waals surface area contributed by atoms with Crippen molar-refractivity contribution in [2.24, 2.45) is 5.10 Å². The normalized spacial score (nSPS) is 11.1. The van der Waals surface area contributed by atoms with Crippen LogP contribution in [0.2, 0.25) is 0 Å². The molecule has 0 atom stereocenters. The zero-order valence-electron chi connectivity index (χ0n) is 12.7. The average Bonchev–Trinajstić information content (AvgIpc) is 2.56. The molecule has 0 saturated heterocycles. The highest BCUT2D eigenvalue weighted by Gasteiger charge is 2.06. The van der Waals surface area contributed by atoms with Crippen molar-refractivity contribution in [2.75, 3.05) is 12.8 Å². The summed E-state index contributed by atoms with van der Waals surface area (Å²) in [6.45, 7) is 1.98. The van der Waals surface area contributed by atoms with Crippen molar-refractivity contribution in [1.82, 2.24) is 5.43 Å². The van der Waals surface area contributed by atoms with Gasteiger partial charge in [0.05, 0.1) is 12.8 Å². The number of rotatable bonds is 5. The molecule has 22 heavy (non-hydrogen) atoms. The maximum atomic E-state index is 12.0. The second-order valence-corrected chi connectivity index (χ2v) is 4.70. The van der Waals surface area contributed by atoms with Gasteiger partial charge < -0.3 is 10.5 Å². The summed E-state index contributed by atoms with van der Waals surface area (Å²) < 4.78 is 5.13. The fourth-order valence-corrected chi connectivity index (χ4v) is 1.95. The summed E-state index contributed by atoms with van der Waals surface area (Å²) in [5.41, 5.74) is 11.1. The molecule has 0 spiro atoms. The quantitative estimate of drug-likeness (QED) is 0.506. The average molecular weight is 297 g/mol.